The molecular weight excluding hydrogens is 174 g/mol. The van der Waals surface area contributed by atoms with Crippen LogP contribution >= 0.6 is 0 Å². The summed E-state index contributed by atoms with van der Waals surface area (Å²) in [5.74, 6) is 5.84. The van der Waals surface area contributed by atoms with Crippen LogP contribution in [-0.4, -0.2) is 12.8 Å². The summed E-state index contributed by atoms with van der Waals surface area (Å²) < 4.78 is 0. The minimum absolute atomic E-state index is 0.0619. The normalized spacial score (nSPS) is 8.79. The highest BCUT2D eigenvalue weighted by atomic mass is 16.1. The van der Waals surface area contributed by atoms with Crippen molar-refractivity contribution in [3.8, 4) is 11.8 Å². The van der Waals surface area contributed by atoms with E-state index in [1.54, 1.807) is 19.9 Å². The Hall–Kier alpha value is -1.75. The van der Waals surface area contributed by atoms with Crippen molar-refractivity contribution < 1.29 is 4.79 Å². The monoisotopic (exact) mass is 187 g/mol. The number of benzene rings is 1. The van der Waals surface area contributed by atoms with E-state index in [2.05, 4.69) is 17.2 Å². The van der Waals surface area contributed by atoms with Gasteiger partial charge >= 0.3 is 0 Å². The maximum absolute atomic E-state index is 11.1. The van der Waals surface area contributed by atoms with E-state index in [0.717, 1.165) is 11.3 Å². The van der Waals surface area contributed by atoms with E-state index in [0.29, 0.717) is 5.56 Å². The topological polar surface area (TPSA) is 29.1 Å². The van der Waals surface area contributed by atoms with Gasteiger partial charge in [0.25, 0.3) is 0 Å². The lowest BCUT2D eigenvalue weighted by Crippen LogP contribution is -1.97. The van der Waals surface area contributed by atoms with Crippen molar-refractivity contribution in [1.29, 1.82) is 0 Å². The Kier molecular flexibility index (Phi) is 3.30. The van der Waals surface area contributed by atoms with Crippen LogP contribution in [0.2, 0.25) is 0 Å². The van der Waals surface area contributed by atoms with Crippen molar-refractivity contribution in [2.45, 2.75) is 13.8 Å². The molecule has 0 aliphatic rings. The Bertz CT molecular complexity index is 410. The number of hydrogen-bond donors (Lipinski definition) is 1. The Labute approximate surface area is 84.3 Å². The molecule has 0 aliphatic carbocycles. The van der Waals surface area contributed by atoms with Crippen LogP contribution in [0.3, 0.4) is 0 Å². The molecule has 0 atom stereocenters. The highest BCUT2D eigenvalue weighted by Gasteiger charge is 2.03. The molecule has 0 spiro atoms. The van der Waals surface area contributed by atoms with Crippen molar-refractivity contribution in [2.24, 2.45) is 0 Å². The summed E-state index contributed by atoms with van der Waals surface area (Å²) in [7, 11) is 1.84. The van der Waals surface area contributed by atoms with E-state index >= 15 is 0 Å². The first kappa shape index (κ1) is 10.3. The fourth-order valence-corrected chi connectivity index (χ4v) is 1.22. The van der Waals surface area contributed by atoms with Gasteiger partial charge in [-0.25, -0.2) is 0 Å². The van der Waals surface area contributed by atoms with E-state index in [1.807, 2.05) is 19.2 Å². The molecule has 14 heavy (non-hydrogen) atoms. The Morgan fingerprint density at radius 1 is 1.43 bits per heavy atom. The van der Waals surface area contributed by atoms with E-state index in [9.17, 15) is 4.79 Å². The average molecular weight is 187 g/mol. The first-order valence-corrected chi connectivity index (χ1v) is 4.44. The number of carbonyl (C=O) groups excluding carboxylic acids is 1. The molecule has 2 heteroatoms. The summed E-state index contributed by atoms with van der Waals surface area (Å²) in [6.07, 6.45) is 0. The number of Topliss-reactive ketones (excluding diaryl/α,β-unsaturated/α-hetero) is 1. The van der Waals surface area contributed by atoms with Crippen LogP contribution in [0.25, 0.3) is 0 Å². The van der Waals surface area contributed by atoms with Crippen LogP contribution in [0.1, 0.15) is 29.8 Å². The molecule has 72 valence electrons. The van der Waals surface area contributed by atoms with Gasteiger partial charge in [-0.05, 0) is 32.0 Å². The largest absolute Gasteiger partial charge is 0.387 e. The van der Waals surface area contributed by atoms with Crippen LogP contribution in [0, 0.1) is 11.8 Å². The van der Waals surface area contributed by atoms with Gasteiger partial charge in [-0.1, -0.05) is 5.92 Å². The molecule has 1 aromatic carbocycles. The molecule has 0 amide bonds. The number of rotatable bonds is 2. The summed E-state index contributed by atoms with van der Waals surface area (Å²) >= 11 is 0. The quantitative estimate of drug-likeness (QED) is 0.568. The zero-order valence-corrected chi connectivity index (χ0v) is 8.64. The molecule has 0 aromatic heterocycles. The number of hydrogen-bond acceptors (Lipinski definition) is 2. The second-order valence-corrected chi connectivity index (χ2v) is 2.94. The molecule has 1 rings (SSSR count). The molecule has 0 radical (unpaired) electrons. The van der Waals surface area contributed by atoms with Crippen molar-refractivity contribution in [2.75, 3.05) is 12.4 Å². The summed E-state index contributed by atoms with van der Waals surface area (Å²) in [4.78, 5) is 11.1. The predicted octanol–water partition coefficient (Wildman–Crippen LogP) is 2.30. The molecule has 0 bridgehead atoms. The van der Waals surface area contributed by atoms with E-state index < -0.39 is 0 Å². The maximum atomic E-state index is 11.1. The summed E-state index contributed by atoms with van der Waals surface area (Å²) in [6.45, 7) is 3.33. The van der Waals surface area contributed by atoms with E-state index in [4.69, 9.17) is 0 Å². The van der Waals surface area contributed by atoms with Gasteiger partial charge in [-0.2, -0.15) is 0 Å². The van der Waals surface area contributed by atoms with E-state index in [1.165, 1.54) is 0 Å². The third-order valence-electron chi connectivity index (χ3n) is 1.96. The second-order valence-electron chi connectivity index (χ2n) is 2.94. The van der Waals surface area contributed by atoms with Crippen molar-refractivity contribution in [3.63, 3.8) is 0 Å². The standard InChI is InChI=1S/C12H13NO/c1-4-5-11-8-10(9(2)14)6-7-12(11)13-3/h6-8,13H,1-3H3. The molecule has 0 saturated heterocycles. The third-order valence-corrected chi connectivity index (χ3v) is 1.96. The van der Waals surface area contributed by atoms with Crippen LogP contribution in [-0.2, 0) is 0 Å². The van der Waals surface area contributed by atoms with Crippen LogP contribution in [0.4, 0.5) is 5.69 Å². The number of anilines is 1. The Morgan fingerprint density at radius 2 is 2.14 bits per heavy atom. The maximum Gasteiger partial charge on any atom is 0.159 e. The molecule has 0 fully saturated rings. The zero-order chi connectivity index (χ0) is 10.6. The third kappa shape index (κ3) is 2.14. The number of carbonyl (C=O) groups is 1. The van der Waals surface area contributed by atoms with Crippen LogP contribution in [0.5, 0.6) is 0 Å². The molecule has 0 saturated carbocycles. The van der Waals surface area contributed by atoms with Gasteiger partial charge in [-0.3, -0.25) is 4.79 Å². The lowest BCUT2D eigenvalue weighted by Gasteiger charge is -2.04. The van der Waals surface area contributed by atoms with Crippen LogP contribution in [0.15, 0.2) is 18.2 Å². The smallest absolute Gasteiger partial charge is 0.159 e. The SMILES string of the molecule is CC#Cc1cc(C(C)=O)ccc1NC. The lowest BCUT2D eigenvalue weighted by atomic mass is 10.1. The van der Waals surface area contributed by atoms with Gasteiger partial charge < -0.3 is 5.32 Å². The molecule has 0 aliphatic heterocycles. The van der Waals surface area contributed by atoms with Crippen molar-refractivity contribution >= 4 is 11.5 Å². The van der Waals surface area contributed by atoms with Gasteiger partial charge in [-0.15, -0.1) is 5.92 Å². The van der Waals surface area contributed by atoms with Gasteiger partial charge in [0.05, 0.1) is 0 Å². The summed E-state index contributed by atoms with van der Waals surface area (Å²) in [5.41, 5.74) is 2.51. The highest BCUT2D eigenvalue weighted by molar-refractivity contribution is 5.95. The first-order valence-electron chi connectivity index (χ1n) is 4.44. The molecule has 2 nitrogen and oxygen atoms in total. The molecular formula is C12H13NO. The number of ketones is 1. The predicted molar refractivity (Wildman–Crippen MR) is 58.5 cm³/mol. The van der Waals surface area contributed by atoms with Gasteiger partial charge in [0.2, 0.25) is 0 Å². The number of nitrogens with one attached hydrogen (secondary N) is 1. The summed E-state index contributed by atoms with van der Waals surface area (Å²) in [6, 6.07) is 5.48. The first-order chi connectivity index (χ1) is 6.69. The molecule has 1 aromatic rings. The van der Waals surface area contributed by atoms with Gasteiger partial charge in [0.1, 0.15) is 0 Å². The second kappa shape index (κ2) is 4.48. The lowest BCUT2D eigenvalue weighted by molar-refractivity contribution is 0.101. The van der Waals surface area contributed by atoms with Gasteiger partial charge in [0, 0.05) is 23.9 Å². The highest BCUT2D eigenvalue weighted by Crippen LogP contribution is 2.16. The summed E-state index contributed by atoms with van der Waals surface area (Å²) in [5, 5.41) is 3.03. The fourth-order valence-electron chi connectivity index (χ4n) is 1.22. The average Bonchev–Trinajstić information content (AvgIpc) is 2.18. The van der Waals surface area contributed by atoms with Gasteiger partial charge in [0.15, 0.2) is 5.78 Å². The Morgan fingerprint density at radius 3 is 2.64 bits per heavy atom. The van der Waals surface area contributed by atoms with Crippen LogP contribution < -0.4 is 5.32 Å². The van der Waals surface area contributed by atoms with E-state index in [-0.39, 0.29) is 5.78 Å². The van der Waals surface area contributed by atoms with Crippen molar-refractivity contribution in [1.82, 2.24) is 0 Å². The van der Waals surface area contributed by atoms with Crippen molar-refractivity contribution in [3.05, 3.63) is 29.3 Å². The minimum atomic E-state index is 0.0619. The minimum Gasteiger partial charge on any atom is -0.387 e. The Balaban J connectivity index is 3.25. The molecule has 1 N–H and O–H groups in total. The molecule has 0 heterocycles. The zero-order valence-electron chi connectivity index (χ0n) is 8.64. The molecule has 0 unspecified atom stereocenters. The fraction of sp³-hybridized carbons (Fsp3) is 0.250.